The number of hydrogen-bond acceptors (Lipinski definition) is 6. The van der Waals surface area contributed by atoms with E-state index in [4.69, 9.17) is 9.47 Å². The molecule has 0 aliphatic carbocycles. The van der Waals surface area contributed by atoms with Gasteiger partial charge in [0.25, 0.3) is 0 Å². The second kappa shape index (κ2) is 11.7. The molecule has 3 heterocycles. The average molecular weight is 495 g/mol. The lowest BCUT2D eigenvalue weighted by Crippen LogP contribution is -2.45. The summed E-state index contributed by atoms with van der Waals surface area (Å²) < 4.78 is 11.1. The third kappa shape index (κ3) is 5.98. The molecule has 36 heavy (non-hydrogen) atoms. The second-order valence-electron chi connectivity index (χ2n) is 9.87. The second-order valence-corrected chi connectivity index (χ2v) is 9.87. The van der Waals surface area contributed by atoms with Crippen LogP contribution in [0.1, 0.15) is 57.2 Å². The molecule has 4 rings (SSSR count). The molecule has 0 spiro atoms. The van der Waals surface area contributed by atoms with E-state index < -0.39 is 5.92 Å². The Morgan fingerprint density at radius 3 is 2.47 bits per heavy atom. The first kappa shape index (κ1) is 25.9. The number of nitrogens with one attached hydrogen (secondary N) is 1. The number of amides is 2. The summed E-state index contributed by atoms with van der Waals surface area (Å²) in [6.45, 7) is 8.89. The molecule has 1 aromatic heterocycles. The number of unbranched alkanes of at least 4 members (excludes halogenated alkanes) is 1. The third-order valence-corrected chi connectivity index (χ3v) is 7.00. The van der Waals surface area contributed by atoms with Crippen molar-refractivity contribution in [3.63, 3.8) is 0 Å². The van der Waals surface area contributed by atoms with E-state index in [0.29, 0.717) is 13.1 Å². The highest BCUT2D eigenvalue weighted by Gasteiger charge is 2.44. The number of nitrogens with zero attached hydrogens (tertiary/aromatic N) is 3. The fourth-order valence-corrected chi connectivity index (χ4v) is 5.22. The third-order valence-electron chi connectivity index (χ3n) is 7.00. The number of pyridine rings is 1. The van der Waals surface area contributed by atoms with E-state index in [1.807, 2.05) is 47.5 Å². The number of carbonyl (C=O) groups is 2. The van der Waals surface area contributed by atoms with Crippen molar-refractivity contribution in [3.8, 4) is 5.75 Å². The average Bonchev–Trinajstić information content (AvgIpc) is 3.21. The Kier molecular flexibility index (Phi) is 8.46. The maximum atomic E-state index is 13.3. The zero-order valence-electron chi connectivity index (χ0n) is 21.8. The highest BCUT2D eigenvalue weighted by atomic mass is 16.5. The molecule has 2 fully saturated rings. The van der Waals surface area contributed by atoms with Gasteiger partial charge in [-0.15, -0.1) is 0 Å². The van der Waals surface area contributed by atoms with Crippen molar-refractivity contribution < 1.29 is 19.1 Å². The van der Waals surface area contributed by atoms with Crippen molar-refractivity contribution in [2.75, 3.05) is 31.6 Å². The van der Waals surface area contributed by atoms with Crippen LogP contribution in [0.3, 0.4) is 0 Å². The van der Waals surface area contributed by atoms with Gasteiger partial charge in [-0.1, -0.05) is 31.5 Å². The number of benzene rings is 1. The molecule has 2 saturated heterocycles. The minimum atomic E-state index is -0.439. The number of aromatic nitrogens is 1. The Labute approximate surface area is 214 Å². The molecule has 2 aliphatic heterocycles. The molecule has 4 atom stereocenters. The number of anilines is 1. The highest BCUT2D eigenvalue weighted by molar-refractivity contribution is 5.90. The molecular formula is C28H38N4O4. The smallest absolute Gasteiger partial charge is 0.226 e. The van der Waals surface area contributed by atoms with Crippen LogP contribution >= 0.6 is 0 Å². The standard InChI is InChI=1S/C28H38N4O4/c1-5-6-13-32-26(33)14-24(27(32)22-8-10-23(35-4)11-9-22)28(34)30-16-21-7-12-25(29-15-21)31-17-19(2)36-20(3)18-31/h7-12,15,19-20,24,27H,5-6,13-14,16-18H2,1-4H3,(H,30,34). The van der Waals surface area contributed by atoms with Gasteiger partial charge in [0.1, 0.15) is 11.6 Å². The Morgan fingerprint density at radius 1 is 1.14 bits per heavy atom. The maximum absolute atomic E-state index is 13.3. The number of methoxy groups -OCH3 is 1. The van der Waals surface area contributed by atoms with E-state index in [0.717, 1.165) is 48.6 Å². The Bertz CT molecular complexity index is 1020. The Hall–Kier alpha value is -3.13. The number of ether oxygens (including phenoxy) is 2. The largest absolute Gasteiger partial charge is 0.497 e. The van der Waals surface area contributed by atoms with E-state index >= 15 is 0 Å². The monoisotopic (exact) mass is 494 g/mol. The predicted octanol–water partition coefficient (Wildman–Crippen LogP) is 3.71. The first-order valence-corrected chi connectivity index (χ1v) is 13.0. The van der Waals surface area contributed by atoms with Crippen LogP contribution in [0.2, 0.25) is 0 Å². The minimum absolute atomic E-state index is 0.0319. The summed E-state index contributed by atoms with van der Waals surface area (Å²) in [5.74, 6) is 1.15. The van der Waals surface area contributed by atoms with Crippen LogP contribution in [0.25, 0.3) is 0 Å². The lowest BCUT2D eigenvalue weighted by molar-refractivity contribution is -0.129. The molecule has 1 N–H and O–H groups in total. The Morgan fingerprint density at radius 2 is 1.86 bits per heavy atom. The van der Waals surface area contributed by atoms with Gasteiger partial charge in [0.15, 0.2) is 0 Å². The summed E-state index contributed by atoms with van der Waals surface area (Å²) in [4.78, 5) is 35.0. The van der Waals surface area contributed by atoms with Gasteiger partial charge < -0.3 is 24.6 Å². The lowest BCUT2D eigenvalue weighted by Gasteiger charge is -2.36. The van der Waals surface area contributed by atoms with Crippen LogP contribution in [-0.2, 0) is 20.9 Å². The van der Waals surface area contributed by atoms with Crippen LogP contribution in [0.4, 0.5) is 5.82 Å². The predicted molar refractivity (Wildman–Crippen MR) is 139 cm³/mol. The van der Waals surface area contributed by atoms with Crippen molar-refractivity contribution in [3.05, 3.63) is 53.7 Å². The molecule has 2 amide bonds. The van der Waals surface area contributed by atoms with Crippen molar-refractivity contribution in [1.82, 2.24) is 15.2 Å². The minimum Gasteiger partial charge on any atom is -0.497 e. The highest BCUT2D eigenvalue weighted by Crippen LogP contribution is 2.39. The maximum Gasteiger partial charge on any atom is 0.226 e. The molecule has 2 aromatic rings. The van der Waals surface area contributed by atoms with E-state index in [1.54, 1.807) is 7.11 Å². The van der Waals surface area contributed by atoms with Gasteiger partial charge in [0.2, 0.25) is 11.8 Å². The quantitative estimate of drug-likeness (QED) is 0.572. The van der Waals surface area contributed by atoms with Crippen molar-refractivity contribution in [2.24, 2.45) is 5.92 Å². The summed E-state index contributed by atoms with van der Waals surface area (Å²) in [6, 6.07) is 11.4. The van der Waals surface area contributed by atoms with E-state index in [1.165, 1.54) is 0 Å². The van der Waals surface area contributed by atoms with Crippen LogP contribution in [-0.4, -0.2) is 60.7 Å². The van der Waals surface area contributed by atoms with Crippen molar-refractivity contribution >= 4 is 17.6 Å². The van der Waals surface area contributed by atoms with Crippen LogP contribution < -0.4 is 15.0 Å². The Balaban J connectivity index is 1.43. The molecule has 0 radical (unpaired) electrons. The number of hydrogen-bond donors (Lipinski definition) is 1. The molecule has 4 unspecified atom stereocenters. The number of carbonyl (C=O) groups excluding carboxylic acids is 2. The summed E-state index contributed by atoms with van der Waals surface area (Å²) >= 11 is 0. The molecular weight excluding hydrogens is 456 g/mol. The van der Waals surface area contributed by atoms with E-state index in [9.17, 15) is 9.59 Å². The van der Waals surface area contributed by atoms with Gasteiger partial charge >= 0.3 is 0 Å². The van der Waals surface area contributed by atoms with E-state index in [2.05, 4.69) is 36.0 Å². The van der Waals surface area contributed by atoms with Crippen molar-refractivity contribution in [1.29, 1.82) is 0 Å². The molecule has 8 nitrogen and oxygen atoms in total. The molecule has 2 aliphatic rings. The summed E-state index contributed by atoms with van der Waals surface area (Å²) in [5.41, 5.74) is 1.88. The molecule has 0 bridgehead atoms. The van der Waals surface area contributed by atoms with Gasteiger partial charge in [-0.3, -0.25) is 9.59 Å². The topological polar surface area (TPSA) is 84.0 Å². The number of morpholine rings is 1. The van der Waals surface area contributed by atoms with Crippen molar-refractivity contribution in [2.45, 2.75) is 64.8 Å². The molecule has 1 aromatic carbocycles. The van der Waals surface area contributed by atoms with Gasteiger partial charge in [-0.2, -0.15) is 0 Å². The first-order valence-electron chi connectivity index (χ1n) is 13.0. The first-order chi connectivity index (χ1) is 17.4. The number of likely N-dealkylation sites (tertiary alicyclic amines) is 1. The summed E-state index contributed by atoms with van der Waals surface area (Å²) in [5, 5.41) is 3.06. The van der Waals surface area contributed by atoms with Crippen LogP contribution in [0.15, 0.2) is 42.6 Å². The lowest BCUT2D eigenvalue weighted by atomic mass is 9.92. The fourth-order valence-electron chi connectivity index (χ4n) is 5.22. The van der Waals surface area contributed by atoms with Gasteiger partial charge in [-0.05, 0) is 49.6 Å². The molecule has 0 saturated carbocycles. The zero-order valence-corrected chi connectivity index (χ0v) is 21.8. The molecule has 194 valence electrons. The summed E-state index contributed by atoms with van der Waals surface area (Å²) in [6.07, 6.45) is 4.26. The summed E-state index contributed by atoms with van der Waals surface area (Å²) in [7, 11) is 1.63. The fraction of sp³-hybridized carbons (Fsp3) is 0.536. The van der Waals surface area contributed by atoms with Gasteiger partial charge in [-0.25, -0.2) is 4.98 Å². The zero-order chi connectivity index (χ0) is 25.7. The van der Waals surface area contributed by atoms with Gasteiger partial charge in [0.05, 0.1) is 31.3 Å². The van der Waals surface area contributed by atoms with E-state index in [-0.39, 0.29) is 36.5 Å². The number of rotatable bonds is 9. The van der Waals surface area contributed by atoms with Crippen LogP contribution in [0, 0.1) is 5.92 Å². The SMILES string of the molecule is CCCCN1C(=O)CC(C(=O)NCc2ccc(N3CC(C)OC(C)C3)nc2)C1c1ccc(OC)cc1. The van der Waals surface area contributed by atoms with Crippen LogP contribution in [0.5, 0.6) is 5.75 Å². The molecule has 8 heteroatoms. The van der Waals surface area contributed by atoms with Gasteiger partial charge in [0, 0.05) is 38.8 Å². The normalized spacial score (nSPS) is 24.2.